The van der Waals surface area contributed by atoms with Crippen LogP contribution in [0.4, 0.5) is 8.78 Å². The van der Waals surface area contributed by atoms with E-state index in [1.807, 2.05) is 5.32 Å². The lowest BCUT2D eigenvalue weighted by molar-refractivity contribution is -0.444. The van der Waals surface area contributed by atoms with E-state index in [2.05, 4.69) is 0 Å². The highest BCUT2D eigenvalue weighted by atomic mass is 19.3. The summed E-state index contributed by atoms with van der Waals surface area (Å²) in [6, 6.07) is 0. The molecule has 1 amide bonds. The predicted molar refractivity (Wildman–Crippen MR) is 52.9 cm³/mol. The van der Waals surface area contributed by atoms with Crippen LogP contribution < -0.4 is 5.32 Å². The first kappa shape index (κ1) is 12.9. The highest BCUT2D eigenvalue weighted by Crippen LogP contribution is 2.13. The van der Waals surface area contributed by atoms with Crippen molar-refractivity contribution < 1.29 is 18.5 Å². The fourth-order valence-corrected chi connectivity index (χ4v) is 1.31. The summed E-state index contributed by atoms with van der Waals surface area (Å²) >= 11 is 0. The average molecular weight is 248 g/mol. The Kier molecular flexibility index (Phi) is 3.96. The minimum atomic E-state index is -2.04. The van der Waals surface area contributed by atoms with Gasteiger partial charge in [-0.05, 0) is 4.92 Å². The molecule has 1 aliphatic rings. The van der Waals surface area contributed by atoms with Crippen molar-refractivity contribution in [2.45, 2.75) is 0 Å². The molecule has 0 radical (unpaired) electrons. The number of nitro groups is 1. The van der Waals surface area contributed by atoms with E-state index in [0.29, 0.717) is 0 Å². The molecule has 0 saturated heterocycles. The molecular formula is C8H10F2N4O3. The third-order valence-corrected chi connectivity index (χ3v) is 1.92. The van der Waals surface area contributed by atoms with Crippen LogP contribution in [0.25, 0.3) is 0 Å². The smallest absolute Gasteiger partial charge is 0.336 e. The SMILES string of the molecule is CN1C=C([N+](=O)[O-])N(CC(=O)NC=C(F)F)C1. The number of amides is 1. The molecule has 9 heteroatoms. The van der Waals surface area contributed by atoms with E-state index in [-0.39, 0.29) is 25.2 Å². The first-order valence-electron chi connectivity index (χ1n) is 4.52. The minimum Gasteiger partial charge on any atom is -0.358 e. The van der Waals surface area contributed by atoms with Crippen LogP contribution in [0.3, 0.4) is 0 Å². The molecule has 0 aromatic heterocycles. The highest BCUT2D eigenvalue weighted by molar-refractivity contribution is 5.79. The number of hydrogen-bond acceptors (Lipinski definition) is 5. The van der Waals surface area contributed by atoms with Gasteiger partial charge in [-0.3, -0.25) is 4.79 Å². The summed E-state index contributed by atoms with van der Waals surface area (Å²) in [5.41, 5.74) is 0. The molecule has 1 heterocycles. The van der Waals surface area contributed by atoms with E-state index >= 15 is 0 Å². The summed E-state index contributed by atoms with van der Waals surface area (Å²) in [7, 11) is 1.60. The number of hydrogen-bond donors (Lipinski definition) is 1. The first-order chi connectivity index (χ1) is 7.90. The summed E-state index contributed by atoms with van der Waals surface area (Å²) in [6.45, 7) is -0.202. The molecule has 0 unspecified atom stereocenters. The second kappa shape index (κ2) is 5.23. The van der Waals surface area contributed by atoms with Crippen molar-refractivity contribution in [1.82, 2.24) is 15.1 Å². The van der Waals surface area contributed by atoms with Crippen LogP contribution in [0.2, 0.25) is 0 Å². The second-order valence-electron chi connectivity index (χ2n) is 3.34. The molecule has 0 spiro atoms. The van der Waals surface area contributed by atoms with Crippen molar-refractivity contribution in [3.05, 3.63) is 34.4 Å². The number of halogens is 2. The summed E-state index contributed by atoms with van der Waals surface area (Å²) < 4.78 is 23.4. The van der Waals surface area contributed by atoms with Gasteiger partial charge in [-0.15, -0.1) is 0 Å². The van der Waals surface area contributed by atoms with E-state index < -0.39 is 16.9 Å². The van der Waals surface area contributed by atoms with Gasteiger partial charge in [-0.1, -0.05) is 0 Å². The third-order valence-electron chi connectivity index (χ3n) is 1.92. The van der Waals surface area contributed by atoms with Gasteiger partial charge in [-0.2, -0.15) is 8.78 Å². The monoisotopic (exact) mass is 248 g/mol. The minimum absolute atomic E-state index is 0.158. The molecule has 0 atom stereocenters. The van der Waals surface area contributed by atoms with Gasteiger partial charge < -0.3 is 20.3 Å². The molecule has 1 rings (SSSR count). The van der Waals surface area contributed by atoms with E-state index in [0.717, 1.165) is 0 Å². The Hall–Kier alpha value is -2.19. The molecule has 0 aliphatic carbocycles. The van der Waals surface area contributed by atoms with Crippen LogP contribution in [0.5, 0.6) is 0 Å². The van der Waals surface area contributed by atoms with Crippen LogP contribution in [0, 0.1) is 10.1 Å². The first-order valence-corrected chi connectivity index (χ1v) is 4.52. The van der Waals surface area contributed by atoms with Crippen molar-refractivity contribution in [2.24, 2.45) is 0 Å². The van der Waals surface area contributed by atoms with Gasteiger partial charge >= 0.3 is 5.82 Å². The topological polar surface area (TPSA) is 78.7 Å². The normalized spacial score (nSPS) is 14.4. The maximum atomic E-state index is 11.7. The average Bonchev–Trinajstić information content (AvgIpc) is 2.56. The Morgan fingerprint density at radius 3 is 2.88 bits per heavy atom. The Labute approximate surface area is 95.1 Å². The second-order valence-corrected chi connectivity index (χ2v) is 3.34. The Bertz CT molecular complexity index is 392. The van der Waals surface area contributed by atoms with Crippen molar-refractivity contribution in [2.75, 3.05) is 20.3 Å². The van der Waals surface area contributed by atoms with Crippen LogP contribution in [-0.2, 0) is 4.79 Å². The molecule has 1 N–H and O–H groups in total. The zero-order chi connectivity index (χ0) is 13.0. The molecule has 94 valence electrons. The summed E-state index contributed by atoms with van der Waals surface area (Å²) in [5, 5.41) is 12.4. The summed E-state index contributed by atoms with van der Waals surface area (Å²) in [5.74, 6) is -0.992. The molecule has 0 fully saturated rings. The Morgan fingerprint density at radius 2 is 2.35 bits per heavy atom. The van der Waals surface area contributed by atoms with E-state index in [1.165, 1.54) is 16.0 Å². The van der Waals surface area contributed by atoms with Crippen LogP contribution >= 0.6 is 0 Å². The predicted octanol–water partition coefficient (Wildman–Crippen LogP) is 0.121. The van der Waals surface area contributed by atoms with Crippen molar-refractivity contribution in [3.8, 4) is 0 Å². The highest BCUT2D eigenvalue weighted by Gasteiger charge is 2.30. The molecule has 0 aromatic carbocycles. The lowest BCUT2D eigenvalue weighted by Gasteiger charge is -2.13. The maximum Gasteiger partial charge on any atom is 0.336 e. The lowest BCUT2D eigenvalue weighted by atomic mass is 10.5. The fraction of sp³-hybridized carbons (Fsp3) is 0.375. The third kappa shape index (κ3) is 3.70. The number of nitrogens with one attached hydrogen (secondary N) is 1. The maximum absolute atomic E-state index is 11.7. The largest absolute Gasteiger partial charge is 0.358 e. The molecule has 1 aliphatic heterocycles. The van der Waals surface area contributed by atoms with Crippen LogP contribution in [0.15, 0.2) is 24.3 Å². The van der Waals surface area contributed by atoms with Gasteiger partial charge in [0.1, 0.15) is 0 Å². The van der Waals surface area contributed by atoms with Gasteiger partial charge in [0.15, 0.2) is 13.2 Å². The van der Waals surface area contributed by atoms with Crippen LogP contribution in [0.1, 0.15) is 0 Å². The zero-order valence-corrected chi connectivity index (χ0v) is 8.89. The van der Waals surface area contributed by atoms with Gasteiger partial charge in [-0.25, -0.2) is 4.90 Å². The number of nitrogens with zero attached hydrogens (tertiary/aromatic N) is 3. The number of carbonyl (C=O) groups excluding carboxylic acids is 1. The fourth-order valence-electron chi connectivity index (χ4n) is 1.31. The molecule has 0 bridgehead atoms. The van der Waals surface area contributed by atoms with Crippen molar-refractivity contribution >= 4 is 5.91 Å². The van der Waals surface area contributed by atoms with E-state index in [9.17, 15) is 23.7 Å². The summed E-state index contributed by atoms with van der Waals surface area (Å²) in [6.07, 6.45) is -0.529. The molecular weight excluding hydrogens is 238 g/mol. The van der Waals surface area contributed by atoms with Crippen LogP contribution in [-0.4, -0.2) is 40.9 Å². The van der Waals surface area contributed by atoms with Crippen molar-refractivity contribution in [3.63, 3.8) is 0 Å². The Balaban J connectivity index is 2.58. The standard InChI is InChI=1S/C8H10F2N4O3/c1-12-4-8(14(16)17)13(5-12)3-7(15)11-2-6(9)10/h2,4H,3,5H2,1H3,(H,11,15). The van der Waals surface area contributed by atoms with Gasteiger partial charge in [0.25, 0.3) is 12.0 Å². The van der Waals surface area contributed by atoms with Gasteiger partial charge in [0.2, 0.25) is 0 Å². The number of rotatable bonds is 4. The zero-order valence-electron chi connectivity index (χ0n) is 8.89. The van der Waals surface area contributed by atoms with E-state index in [1.54, 1.807) is 7.05 Å². The molecule has 17 heavy (non-hydrogen) atoms. The quantitative estimate of drug-likeness (QED) is 0.564. The summed E-state index contributed by atoms with van der Waals surface area (Å²) in [4.78, 5) is 23.8. The molecule has 7 nitrogen and oxygen atoms in total. The lowest BCUT2D eigenvalue weighted by Crippen LogP contribution is -2.36. The van der Waals surface area contributed by atoms with Crippen molar-refractivity contribution in [1.29, 1.82) is 0 Å². The molecule has 0 saturated carbocycles. The molecule has 0 aromatic rings. The van der Waals surface area contributed by atoms with E-state index in [4.69, 9.17) is 0 Å². The number of carbonyl (C=O) groups is 1. The van der Waals surface area contributed by atoms with Gasteiger partial charge in [0, 0.05) is 7.05 Å². The van der Waals surface area contributed by atoms with Gasteiger partial charge in [0.05, 0.1) is 12.4 Å². The Morgan fingerprint density at radius 1 is 1.71 bits per heavy atom.